The molecular formula is C21H35N. The van der Waals surface area contributed by atoms with Crippen LogP contribution in [-0.2, 0) is 0 Å². The normalized spacial score (nSPS) is 30.0. The minimum Gasteiger partial charge on any atom is -0.286 e. The molecule has 0 spiro atoms. The molecule has 0 saturated heterocycles. The highest BCUT2D eigenvalue weighted by atomic mass is 14.8. The molecule has 2 fully saturated rings. The molecule has 0 amide bonds. The number of nitrogens with zero attached hydrogens (tertiary/aromatic N) is 1. The van der Waals surface area contributed by atoms with Crippen LogP contribution in [0.15, 0.2) is 17.1 Å². The Labute approximate surface area is 137 Å². The van der Waals surface area contributed by atoms with Crippen LogP contribution in [0.5, 0.6) is 0 Å². The Bertz CT molecular complexity index is 365. The average molecular weight is 302 g/mol. The van der Waals surface area contributed by atoms with Gasteiger partial charge in [-0.05, 0) is 37.5 Å². The molecule has 2 saturated carbocycles. The van der Waals surface area contributed by atoms with E-state index in [1.54, 1.807) is 5.71 Å². The Morgan fingerprint density at radius 3 is 1.86 bits per heavy atom. The van der Waals surface area contributed by atoms with E-state index in [0.717, 1.165) is 18.3 Å². The number of hydrogen-bond donors (Lipinski definition) is 0. The van der Waals surface area contributed by atoms with Crippen molar-refractivity contribution in [2.75, 3.05) is 0 Å². The summed E-state index contributed by atoms with van der Waals surface area (Å²) in [5.74, 6) is 1.64. The van der Waals surface area contributed by atoms with Gasteiger partial charge in [0.1, 0.15) is 0 Å². The third-order valence-corrected chi connectivity index (χ3v) is 6.18. The molecule has 1 unspecified atom stereocenters. The van der Waals surface area contributed by atoms with Gasteiger partial charge in [-0.15, -0.1) is 0 Å². The number of hydrogen-bond acceptors (Lipinski definition) is 1. The van der Waals surface area contributed by atoms with Crippen LogP contribution in [0.4, 0.5) is 0 Å². The van der Waals surface area contributed by atoms with Gasteiger partial charge in [-0.1, -0.05) is 76.4 Å². The summed E-state index contributed by atoms with van der Waals surface area (Å²) < 4.78 is 0. The lowest BCUT2D eigenvalue weighted by Crippen LogP contribution is -2.25. The van der Waals surface area contributed by atoms with Crippen LogP contribution in [-0.4, -0.2) is 11.8 Å². The van der Waals surface area contributed by atoms with Gasteiger partial charge in [-0.25, -0.2) is 0 Å². The van der Waals surface area contributed by atoms with Crippen LogP contribution in [0, 0.1) is 11.8 Å². The molecule has 1 nitrogen and oxygen atoms in total. The van der Waals surface area contributed by atoms with E-state index in [1.165, 1.54) is 89.9 Å². The largest absolute Gasteiger partial charge is 0.286 e. The summed E-state index contributed by atoms with van der Waals surface area (Å²) in [5.41, 5.74) is 1.57. The zero-order chi connectivity index (χ0) is 15.0. The second kappa shape index (κ2) is 8.89. The van der Waals surface area contributed by atoms with E-state index in [4.69, 9.17) is 4.99 Å². The maximum atomic E-state index is 5.30. The smallest absolute Gasteiger partial charge is 0.0707 e. The second-order valence-electron chi connectivity index (χ2n) is 7.89. The first-order chi connectivity index (χ1) is 10.9. The van der Waals surface area contributed by atoms with E-state index in [0.29, 0.717) is 6.04 Å². The summed E-state index contributed by atoms with van der Waals surface area (Å²) in [4.78, 5) is 5.30. The van der Waals surface area contributed by atoms with Crippen molar-refractivity contribution in [3.8, 4) is 0 Å². The van der Waals surface area contributed by atoms with Crippen molar-refractivity contribution in [2.24, 2.45) is 16.8 Å². The molecule has 1 heterocycles. The Balaban J connectivity index is 1.62. The fraction of sp³-hybridized carbons (Fsp3) is 0.857. The summed E-state index contributed by atoms with van der Waals surface area (Å²) >= 11 is 0. The van der Waals surface area contributed by atoms with E-state index < -0.39 is 0 Å². The standard InChI is InChI=1S/C21H35N/c1-3-7-12-18(13-8-4-1)20-16-11-17-21(22-20)19-14-9-5-2-6-10-15-19/h11,16,18-20H,1-10,12-15,17H2. The molecule has 0 aromatic carbocycles. The van der Waals surface area contributed by atoms with Crippen molar-refractivity contribution in [1.29, 1.82) is 0 Å². The van der Waals surface area contributed by atoms with Crippen molar-refractivity contribution in [3.63, 3.8) is 0 Å². The van der Waals surface area contributed by atoms with Crippen molar-refractivity contribution < 1.29 is 0 Å². The molecule has 1 heteroatoms. The molecule has 3 aliphatic rings. The number of dihydropyridines is 1. The van der Waals surface area contributed by atoms with Crippen LogP contribution in [0.3, 0.4) is 0 Å². The van der Waals surface area contributed by atoms with Gasteiger partial charge in [0.25, 0.3) is 0 Å². The highest BCUT2D eigenvalue weighted by Gasteiger charge is 2.24. The van der Waals surface area contributed by atoms with Gasteiger partial charge in [0.15, 0.2) is 0 Å². The first-order valence-electron chi connectivity index (χ1n) is 10.2. The van der Waals surface area contributed by atoms with Crippen LogP contribution in [0.25, 0.3) is 0 Å². The van der Waals surface area contributed by atoms with E-state index in [2.05, 4.69) is 12.2 Å². The van der Waals surface area contributed by atoms with Gasteiger partial charge in [-0.3, -0.25) is 4.99 Å². The fourth-order valence-corrected chi connectivity index (χ4v) is 4.77. The lowest BCUT2D eigenvalue weighted by atomic mass is 9.82. The minimum atomic E-state index is 0.521. The lowest BCUT2D eigenvalue weighted by Gasteiger charge is -2.29. The number of rotatable bonds is 2. The minimum absolute atomic E-state index is 0.521. The second-order valence-corrected chi connectivity index (χ2v) is 7.89. The van der Waals surface area contributed by atoms with Gasteiger partial charge < -0.3 is 0 Å². The molecule has 0 bridgehead atoms. The highest BCUT2D eigenvalue weighted by molar-refractivity contribution is 5.89. The van der Waals surface area contributed by atoms with Gasteiger partial charge in [-0.2, -0.15) is 0 Å². The lowest BCUT2D eigenvalue weighted by molar-refractivity contribution is 0.349. The molecule has 2 aliphatic carbocycles. The predicted molar refractivity (Wildman–Crippen MR) is 96.6 cm³/mol. The van der Waals surface area contributed by atoms with Crippen LogP contribution in [0.2, 0.25) is 0 Å². The SMILES string of the molecule is C1=CC(C2CCCCCCC2)N=C(C2CCCCCCC2)C1. The predicted octanol–water partition coefficient (Wildman–Crippen LogP) is 6.48. The maximum Gasteiger partial charge on any atom is 0.0707 e. The van der Waals surface area contributed by atoms with Crippen LogP contribution < -0.4 is 0 Å². The quantitative estimate of drug-likeness (QED) is 0.518. The van der Waals surface area contributed by atoms with Gasteiger partial charge >= 0.3 is 0 Å². The molecule has 0 aromatic heterocycles. The highest BCUT2D eigenvalue weighted by Crippen LogP contribution is 2.31. The molecule has 0 aromatic rings. The Morgan fingerprint density at radius 2 is 1.23 bits per heavy atom. The Kier molecular flexibility index (Phi) is 6.58. The van der Waals surface area contributed by atoms with Crippen molar-refractivity contribution in [1.82, 2.24) is 0 Å². The summed E-state index contributed by atoms with van der Waals surface area (Å²) in [6.07, 6.45) is 26.1. The molecule has 0 radical (unpaired) electrons. The monoisotopic (exact) mass is 301 g/mol. The van der Waals surface area contributed by atoms with Crippen LogP contribution >= 0.6 is 0 Å². The molecule has 0 N–H and O–H groups in total. The summed E-state index contributed by atoms with van der Waals surface area (Å²) in [7, 11) is 0. The van der Waals surface area contributed by atoms with Crippen molar-refractivity contribution >= 4 is 5.71 Å². The summed E-state index contributed by atoms with van der Waals surface area (Å²) in [6, 6.07) is 0.521. The first kappa shape index (κ1) is 16.3. The van der Waals surface area contributed by atoms with Gasteiger partial charge in [0.05, 0.1) is 6.04 Å². The summed E-state index contributed by atoms with van der Waals surface area (Å²) in [6.45, 7) is 0. The maximum absolute atomic E-state index is 5.30. The van der Waals surface area contributed by atoms with E-state index >= 15 is 0 Å². The first-order valence-corrected chi connectivity index (χ1v) is 10.2. The molecule has 1 atom stereocenters. The van der Waals surface area contributed by atoms with E-state index in [1.807, 2.05) is 0 Å². The van der Waals surface area contributed by atoms with Gasteiger partial charge in [0.2, 0.25) is 0 Å². The Morgan fingerprint density at radius 1 is 0.682 bits per heavy atom. The molecule has 3 rings (SSSR count). The molecule has 22 heavy (non-hydrogen) atoms. The molecule has 124 valence electrons. The number of aliphatic imine (C=N–C) groups is 1. The average Bonchev–Trinajstić information content (AvgIpc) is 2.46. The fourth-order valence-electron chi connectivity index (χ4n) is 4.77. The topological polar surface area (TPSA) is 12.4 Å². The summed E-state index contributed by atoms with van der Waals surface area (Å²) in [5, 5.41) is 0. The molecular weight excluding hydrogens is 266 g/mol. The van der Waals surface area contributed by atoms with Gasteiger partial charge in [0, 0.05) is 12.1 Å². The van der Waals surface area contributed by atoms with Crippen molar-refractivity contribution in [2.45, 2.75) is 102 Å². The Hall–Kier alpha value is -0.590. The third kappa shape index (κ3) is 4.70. The zero-order valence-corrected chi connectivity index (χ0v) is 14.4. The van der Waals surface area contributed by atoms with Crippen LogP contribution in [0.1, 0.15) is 96.3 Å². The van der Waals surface area contributed by atoms with E-state index in [-0.39, 0.29) is 0 Å². The third-order valence-electron chi connectivity index (χ3n) is 6.18. The number of allylic oxidation sites excluding steroid dienone is 1. The van der Waals surface area contributed by atoms with E-state index in [9.17, 15) is 0 Å². The zero-order valence-electron chi connectivity index (χ0n) is 14.4. The van der Waals surface area contributed by atoms with Crippen molar-refractivity contribution in [3.05, 3.63) is 12.2 Å². The molecule has 1 aliphatic heterocycles.